The predicted octanol–water partition coefficient (Wildman–Crippen LogP) is 5.96. The first-order valence-electron chi connectivity index (χ1n) is 21.5. The van der Waals surface area contributed by atoms with Crippen LogP contribution >= 0.6 is 11.3 Å². The second-order valence-corrected chi connectivity index (χ2v) is 21.6. The summed E-state index contributed by atoms with van der Waals surface area (Å²) in [6.45, 7) is 3.57. The number of aliphatic hydroxyl groups is 1. The molecule has 364 valence electrons. The molecule has 0 unspecified atom stereocenters. The highest BCUT2D eigenvalue weighted by Crippen LogP contribution is 2.42. The Balaban J connectivity index is 1.47. The fraction of sp³-hybridized carbons (Fsp3) is 0.298. The highest BCUT2D eigenvalue weighted by atomic mass is 32.2. The van der Waals surface area contributed by atoms with Crippen LogP contribution < -0.4 is 24.7 Å². The number of tetrazole rings is 1. The van der Waals surface area contributed by atoms with Crippen LogP contribution in [0.3, 0.4) is 0 Å². The summed E-state index contributed by atoms with van der Waals surface area (Å²) in [7, 11) is -5.33. The number of methoxy groups -OCH3 is 3. The van der Waals surface area contributed by atoms with E-state index in [1.165, 1.54) is 42.5 Å². The summed E-state index contributed by atoms with van der Waals surface area (Å²) < 4.78 is 82.3. The van der Waals surface area contributed by atoms with Crippen molar-refractivity contribution in [2.24, 2.45) is 5.73 Å². The summed E-state index contributed by atoms with van der Waals surface area (Å²) in [6, 6.07) is 28.7. The van der Waals surface area contributed by atoms with Gasteiger partial charge >= 0.3 is 6.09 Å². The Morgan fingerprint density at radius 2 is 1.39 bits per heavy atom. The van der Waals surface area contributed by atoms with Gasteiger partial charge in [0, 0.05) is 31.7 Å². The maximum atomic E-state index is 16.1. The molecule has 7 aromatic rings. The van der Waals surface area contributed by atoms with E-state index in [0.29, 0.717) is 44.5 Å². The molecule has 2 heterocycles. The quantitative estimate of drug-likeness (QED) is 0.0688. The van der Waals surface area contributed by atoms with Crippen LogP contribution in [0.1, 0.15) is 42.5 Å². The molecule has 2 aromatic heterocycles. The number of thiazole rings is 1. The molecule has 0 bridgehead atoms. The van der Waals surface area contributed by atoms with Gasteiger partial charge in [0.1, 0.15) is 32.0 Å². The van der Waals surface area contributed by atoms with Crippen molar-refractivity contribution in [2.75, 3.05) is 34.4 Å². The van der Waals surface area contributed by atoms with Gasteiger partial charge in [0.2, 0.25) is 25.9 Å². The molecule has 0 aliphatic carbocycles. The first-order chi connectivity index (χ1) is 32.8. The van der Waals surface area contributed by atoms with Gasteiger partial charge in [-0.05, 0) is 108 Å². The van der Waals surface area contributed by atoms with Crippen LogP contribution in [0.5, 0.6) is 17.2 Å². The number of aromatic nitrogens is 5. The average molecular weight is 1000 g/mol. The molecule has 5 aromatic carbocycles. The number of carboxylic acid groups (broad SMARTS) is 1. The molecule has 7 rings (SSSR count). The number of nitrogens with one attached hydrogen (secondary N) is 1. The second-order valence-electron chi connectivity index (χ2n) is 16.8. The number of ether oxygens (including phenoxy) is 3. The first-order valence-corrected chi connectivity index (χ1v) is 25.2. The molecule has 22 heteroatoms. The van der Waals surface area contributed by atoms with Crippen molar-refractivity contribution in [1.82, 2.24) is 39.1 Å². The number of benzene rings is 5. The van der Waals surface area contributed by atoms with E-state index in [1.807, 2.05) is 18.2 Å². The summed E-state index contributed by atoms with van der Waals surface area (Å²) in [6.07, 6.45) is -2.87. The van der Waals surface area contributed by atoms with E-state index in [1.54, 1.807) is 101 Å². The first kappa shape index (κ1) is 50.3. The summed E-state index contributed by atoms with van der Waals surface area (Å²) in [5.41, 5.74) is 7.93. The minimum Gasteiger partial charge on any atom is -0.497 e. The normalized spacial score (nSPS) is 12.6. The van der Waals surface area contributed by atoms with Crippen LogP contribution in [0.4, 0.5) is 4.79 Å². The van der Waals surface area contributed by atoms with Gasteiger partial charge in [-0.1, -0.05) is 48.5 Å². The van der Waals surface area contributed by atoms with Crippen molar-refractivity contribution in [3.05, 3.63) is 125 Å². The second kappa shape index (κ2) is 21.0. The Bertz CT molecular complexity index is 3090. The number of carbonyl (C=O) groups is 1. The van der Waals surface area contributed by atoms with E-state index in [2.05, 4.69) is 20.0 Å². The molecule has 1 amide bonds. The molecular weight excluding hydrogens is 947 g/mol. The third-order valence-electron chi connectivity index (χ3n) is 11.1. The zero-order valence-electron chi connectivity index (χ0n) is 38.7. The van der Waals surface area contributed by atoms with Crippen molar-refractivity contribution in [3.8, 4) is 39.8 Å². The number of β-amino-alcohol motifs (C(OH)–C–C–N with tert-alkyl or cyclic N) is 1. The van der Waals surface area contributed by atoms with E-state index < -0.39 is 60.7 Å². The van der Waals surface area contributed by atoms with Crippen LogP contribution in [0.2, 0.25) is 0 Å². The SMILES string of the molecule is COc1ccc(CN(Cc2ccc(OC)cc2)S(=O)(=O)c2c(S(=O)(=O)NC[C@H](O)CN(C(=O)O)C(C)(C)C)ccc(-c3ccc4sc(CN)nc4c3)c2-c2nnn(Cc3ccc(OC)cc3)n2)cc1. The standard InChI is InChI=1S/C47H53N9O10S3/c1-47(2,3)55(46(58)59)29-34(57)25-49-68(60,61)41-22-20-38(33-13-21-40-39(23-33)50-42(24-48)67-40)43(45-51-53-56(52-45)28-32-11-18-37(66-6)19-12-32)44(41)69(62,63)54(26-30-7-14-35(64-4)15-8-30)27-31-9-16-36(65-5)17-10-31/h7-23,34,49,57H,24-29,48H2,1-6H3,(H,58,59)/t34-/m0/s1. The number of amides is 1. The number of hydrogen-bond acceptors (Lipinski definition) is 15. The molecule has 0 saturated carbocycles. The van der Waals surface area contributed by atoms with Crippen molar-refractivity contribution in [2.45, 2.75) is 68.4 Å². The molecule has 0 saturated heterocycles. The summed E-state index contributed by atoms with van der Waals surface area (Å²) >= 11 is 1.40. The molecule has 0 fully saturated rings. The highest BCUT2D eigenvalue weighted by Gasteiger charge is 2.38. The summed E-state index contributed by atoms with van der Waals surface area (Å²) in [5.74, 6) is 1.48. The van der Waals surface area contributed by atoms with Crippen LogP contribution in [-0.4, -0.2) is 114 Å². The maximum Gasteiger partial charge on any atom is 0.407 e. The van der Waals surface area contributed by atoms with Crippen molar-refractivity contribution < 1.29 is 46.1 Å². The smallest absolute Gasteiger partial charge is 0.407 e. The number of sulfonamides is 2. The zero-order valence-corrected chi connectivity index (χ0v) is 41.2. The van der Waals surface area contributed by atoms with Crippen LogP contribution in [0.25, 0.3) is 32.7 Å². The molecule has 1 atom stereocenters. The van der Waals surface area contributed by atoms with Gasteiger partial charge in [0.25, 0.3) is 0 Å². The molecule has 0 aliphatic heterocycles. The van der Waals surface area contributed by atoms with Crippen LogP contribution in [-0.2, 0) is 46.2 Å². The largest absolute Gasteiger partial charge is 0.497 e. The van der Waals surface area contributed by atoms with Gasteiger partial charge in [-0.15, -0.1) is 21.5 Å². The van der Waals surface area contributed by atoms with Crippen molar-refractivity contribution >= 4 is 47.7 Å². The number of nitrogens with zero attached hydrogens (tertiary/aromatic N) is 7. The topological polar surface area (TPSA) is 255 Å². The number of rotatable bonds is 20. The van der Waals surface area contributed by atoms with Gasteiger partial charge in [-0.25, -0.2) is 31.3 Å². The molecule has 69 heavy (non-hydrogen) atoms. The lowest BCUT2D eigenvalue weighted by Gasteiger charge is -2.34. The molecular formula is C47H53N9O10S3. The van der Waals surface area contributed by atoms with Crippen molar-refractivity contribution in [1.29, 1.82) is 0 Å². The van der Waals surface area contributed by atoms with Crippen molar-refractivity contribution in [3.63, 3.8) is 0 Å². The number of aliphatic hydroxyl groups excluding tert-OH is 1. The minimum atomic E-state index is -5.00. The van der Waals surface area contributed by atoms with E-state index in [9.17, 15) is 23.4 Å². The molecule has 0 radical (unpaired) electrons. The third kappa shape index (κ3) is 11.7. The fourth-order valence-corrected chi connectivity index (χ4v) is 11.8. The average Bonchev–Trinajstić information content (AvgIpc) is 3.99. The molecule has 0 spiro atoms. The van der Waals surface area contributed by atoms with Crippen LogP contribution in [0, 0.1) is 0 Å². The number of nitrogens with two attached hydrogens (primary N) is 1. The lowest BCUT2D eigenvalue weighted by Crippen LogP contribution is -2.50. The monoisotopic (exact) mass is 999 g/mol. The van der Waals surface area contributed by atoms with E-state index in [0.717, 1.165) is 19.5 Å². The van der Waals surface area contributed by atoms with Gasteiger partial charge in [-0.2, -0.15) is 9.10 Å². The Morgan fingerprint density at radius 1 is 0.826 bits per heavy atom. The van der Waals surface area contributed by atoms with E-state index in [-0.39, 0.29) is 43.1 Å². The Kier molecular flexibility index (Phi) is 15.3. The molecule has 19 nitrogen and oxygen atoms in total. The van der Waals surface area contributed by atoms with Gasteiger partial charge in [-0.3, -0.25) is 0 Å². The number of hydrogen-bond donors (Lipinski definition) is 4. The fourth-order valence-electron chi connectivity index (χ4n) is 7.45. The minimum absolute atomic E-state index is 0.0987. The Morgan fingerprint density at radius 3 is 1.91 bits per heavy atom. The lowest BCUT2D eigenvalue weighted by molar-refractivity contribution is 0.0577. The summed E-state index contributed by atoms with van der Waals surface area (Å²) in [4.78, 5) is 17.7. The molecule has 0 aliphatic rings. The van der Waals surface area contributed by atoms with E-state index in [4.69, 9.17) is 25.0 Å². The van der Waals surface area contributed by atoms with E-state index >= 15 is 8.42 Å². The maximum absolute atomic E-state index is 16.1. The Hall–Kier alpha value is -6.53. The van der Waals surface area contributed by atoms with Gasteiger partial charge in [0.05, 0.1) is 56.3 Å². The predicted molar refractivity (Wildman–Crippen MR) is 260 cm³/mol. The van der Waals surface area contributed by atoms with Gasteiger partial charge in [0.15, 0.2) is 0 Å². The van der Waals surface area contributed by atoms with Gasteiger partial charge < -0.3 is 35.1 Å². The number of fused-ring (bicyclic) bond motifs is 1. The molecule has 5 N–H and O–H groups in total. The Labute approximate surface area is 404 Å². The lowest BCUT2D eigenvalue weighted by atomic mass is 9.99. The third-order valence-corrected chi connectivity index (χ3v) is 15.6. The highest BCUT2D eigenvalue weighted by molar-refractivity contribution is 7.92. The summed E-state index contributed by atoms with van der Waals surface area (Å²) in [5, 5.41) is 35.1. The van der Waals surface area contributed by atoms with Crippen LogP contribution in [0.15, 0.2) is 113 Å². The zero-order chi connectivity index (χ0) is 49.7.